The van der Waals surface area contributed by atoms with Crippen molar-refractivity contribution in [2.24, 2.45) is 5.73 Å². The van der Waals surface area contributed by atoms with Gasteiger partial charge in [-0.25, -0.2) is 0 Å². The van der Waals surface area contributed by atoms with E-state index in [-0.39, 0.29) is 5.41 Å². The van der Waals surface area contributed by atoms with Crippen molar-refractivity contribution >= 4 is 0 Å². The third-order valence-corrected chi connectivity index (χ3v) is 3.30. The zero-order chi connectivity index (χ0) is 11.6. The van der Waals surface area contributed by atoms with E-state index in [4.69, 9.17) is 15.2 Å². The summed E-state index contributed by atoms with van der Waals surface area (Å²) in [5, 5.41) is 0. The maximum Gasteiger partial charge on any atom is 0.126 e. The molecule has 2 rings (SSSR count). The molecule has 1 fully saturated rings. The van der Waals surface area contributed by atoms with Gasteiger partial charge in [0.2, 0.25) is 0 Å². The molecule has 0 spiro atoms. The van der Waals surface area contributed by atoms with Crippen molar-refractivity contribution in [3.05, 3.63) is 23.8 Å². The molecule has 1 aromatic rings. The van der Waals surface area contributed by atoms with Crippen LogP contribution in [0.3, 0.4) is 0 Å². The average molecular weight is 221 g/mol. The van der Waals surface area contributed by atoms with Crippen molar-refractivity contribution in [3.63, 3.8) is 0 Å². The lowest BCUT2D eigenvalue weighted by atomic mass is 9.95. The molecule has 0 atom stereocenters. The Morgan fingerprint density at radius 1 is 1.38 bits per heavy atom. The van der Waals surface area contributed by atoms with E-state index in [1.807, 2.05) is 19.1 Å². The van der Waals surface area contributed by atoms with E-state index in [0.717, 1.165) is 24.3 Å². The van der Waals surface area contributed by atoms with Gasteiger partial charge < -0.3 is 15.2 Å². The number of nitrogens with two attached hydrogens (primary N) is 1. The Morgan fingerprint density at radius 3 is 2.62 bits per heavy atom. The van der Waals surface area contributed by atoms with Gasteiger partial charge in [0.25, 0.3) is 0 Å². The van der Waals surface area contributed by atoms with Crippen LogP contribution in [-0.2, 0) is 5.41 Å². The first-order valence-corrected chi connectivity index (χ1v) is 5.77. The molecule has 0 aromatic heterocycles. The molecule has 0 amide bonds. The van der Waals surface area contributed by atoms with Gasteiger partial charge in [-0.05, 0) is 25.8 Å². The molecule has 88 valence electrons. The molecule has 0 radical (unpaired) electrons. The van der Waals surface area contributed by atoms with Crippen LogP contribution in [0.15, 0.2) is 18.2 Å². The first-order chi connectivity index (χ1) is 7.75. The molecule has 16 heavy (non-hydrogen) atoms. The van der Waals surface area contributed by atoms with Crippen molar-refractivity contribution in [2.75, 3.05) is 20.3 Å². The van der Waals surface area contributed by atoms with Gasteiger partial charge >= 0.3 is 0 Å². The predicted molar refractivity (Wildman–Crippen MR) is 64.1 cm³/mol. The molecule has 0 unspecified atom stereocenters. The number of hydrogen-bond donors (Lipinski definition) is 1. The van der Waals surface area contributed by atoms with E-state index < -0.39 is 0 Å². The molecular formula is C13H19NO2. The minimum absolute atomic E-state index is 0.163. The van der Waals surface area contributed by atoms with Gasteiger partial charge in [0.15, 0.2) is 0 Å². The summed E-state index contributed by atoms with van der Waals surface area (Å²) in [6.45, 7) is 3.35. The van der Waals surface area contributed by atoms with Crippen LogP contribution in [0.1, 0.15) is 25.3 Å². The van der Waals surface area contributed by atoms with Crippen molar-refractivity contribution in [1.82, 2.24) is 0 Å². The van der Waals surface area contributed by atoms with Crippen LogP contribution in [0.4, 0.5) is 0 Å². The van der Waals surface area contributed by atoms with Gasteiger partial charge in [-0.3, -0.25) is 0 Å². The minimum Gasteiger partial charge on any atom is -0.497 e. The molecule has 0 heterocycles. The zero-order valence-electron chi connectivity index (χ0n) is 9.95. The lowest BCUT2D eigenvalue weighted by Gasteiger charge is -2.18. The fraction of sp³-hybridized carbons (Fsp3) is 0.538. The van der Waals surface area contributed by atoms with Crippen LogP contribution in [0.2, 0.25) is 0 Å². The first-order valence-electron chi connectivity index (χ1n) is 5.77. The highest BCUT2D eigenvalue weighted by atomic mass is 16.5. The molecular weight excluding hydrogens is 202 g/mol. The van der Waals surface area contributed by atoms with E-state index in [9.17, 15) is 0 Å². The van der Waals surface area contributed by atoms with E-state index in [1.54, 1.807) is 7.11 Å². The Kier molecular flexibility index (Phi) is 3.06. The maximum atomic E-state index is 5.85. The van der Waals surface area contributed by atoms with Gasteiger partial charge in [0.1, 0.15) is 11.5 Å². The fourth-order valence-corrected chi connectivity index (χ4v) is 2.08. The largest absolute Gasteiger partial charge is 0.497 e. The number of methoxy groups -OCH3 is 1. The predicted octanol–water partition coefficient (Wildman–Crippen LogP) is 2.08. The van der Waals surface area contributed by atoms with Gasteiger partial charge in [-0.2, -0.15) is 0 Å². The van der Waals surface area contributed by atoms with Gasteiger partial charge in [-0.15, -0.1) is 0 Å². The number of rotatable bonds is 5. The summed E-state index contributed by atoms with van der Waals surface area (Å²) in [5.41, 5.74) is 7.25. The van der Waals surface area contributed by atoms with Crippen LogP contribution < -0.4 is 15.2 Å². The highest BCUT2D eigenvalue weighted by Crippen LogP contribution is 2.51. The quantitative estimate of drug-likeness (QED) is 0.828. The third kappa shape index (κ3) is 1.87. The van der Waals surface area contributed by atoms with Gasteiger partial charge in [-0.1, -0.05) is 6.07 Å². The van der Waals surface area contributed by atoms with Crippen molar-refractivity contribution in [3.8, 4) is 11.5 Å². The molecule has 0 aliphatic heterocycles. The standard InChI is InChI=1S/C13H19NO2/c1-3-16-12-8-10(15-2)4-5-11(12)13(9-14)6-7-13/h4-5,8H,3,6-7,9,14H2,1-2H3. The number of hydrogen-bond acceptors (Lipinski definition) is 3. The molecule has 3 heteroatoms. The highest BCUT2D eigenvalue weighted by Gasteiger charge is 2.44. The van der Waals surface area contributed by atoms with Crippen LogP contribution in [0.25, 0.3) is 0 Å². The van der Waals surface area contributed by atoms with Gasteiger partial charge in [0, 0.05) is 23.6 Å². The summed E-state index contributed by atoms with van der Waals surface area (Å²) in [4.78, 5) is 0. The molecule has 2 N–H and O–H groups in total. The minimum atomic E-state index is 0.163. The van der Waals surface area contributed by atoms with Crippen molar-refractivity contribution < 1.29 is 9.47 Å². The summed E-state index contributed by atoms with van der Waals surface area (Å²) in [5.74, 6) is 1.75. The summed E-state index contributed by atoms with van der Waals surface area (Å²) in [7, 11) is 1.67. The zero-order valence-corrected chi connectivity index (χ0v) is 9.95. The van der Waals surface area contributed by atoms with Crippen molar-refractivity contribution in [1.29, 1.82) is 0 Å². The van der Waals surface area contributed by atoms with E-state index in [0.29, 0.717) is 13.2 Å². The molecule has 3 nitrogen and oxygen atoms in total. The maximum absolute atomic E-state index is 5.85. The summed E-state index contributed by atoms with van der Waals surface area (Å²) in [6.07, 6.45) is 2.33. The lowest BCUT2D eigenvalue weighted by molar-refractivity contribution is 0.329. The Bertz CT molecular complexity index is 372. The van der Waals surface area contributed by atoms with E-state index in [2.05, 4.69) is 6.07 Å². The highest BCUT2D eigenvalue weighted by molar-refractivity contribution is 5.47. The Hall–Kier alpha value is -1.22. The normalized spacial score (nSPS) is 16.9. The summed E-state index contributed by atoms with van der Waals surface area (Å²) < 4.78 is 10.9. The molecule has 1 aliphatic carbocycles. The average Bonchev–Trinajstić information content (AvgIpc) is 3.10. The fourth-order valence-electron chi connectivity index (χ4n) is 2.08. The number of benzene rings is 1. The number of ether oxygens (including phenoxy) is 2. The van der Waals surface area contributed by atoms with E-state index in [1.165, 1.54) is 5.56 Å². The molecule has 1 saturated carbocycles. The van der Waals surface area contributed by atoms with Crippen LogP contribution >= 0.6 is 0 Å². The SMILES string of the molecule is CCOc1cc(OC)ccc1C1(CN)CC1. The smallest absolute Gasteiger partial charge is 0.126 e. The van der Waals surface area contributed by atoms with Crippen LogP contribution in [0, 0.1) is 0 Å². The third-order valence-electron chi connectivity index (χ3n) is 3.30. The lowest BCUT2D eigenvalue weighted by Crippen LogP contribution is -2.20. The second-order valence-electron chi connectivity index (χ2n) is 4.28. The molecule has 0 saturated heterocycles. The Labute approximate surface area is 96.5 Å². The van der Waals surface area contributed by atoms with Crippen molar-refractivity contribution in [2.45, 2.75) is 25.2 Å². The molecule has 1 aromatic carbocycles. The molecule has 1 aliphatic rings. The van der Waals surface area contributed by atoms with Crippen LogP contribution in [-0.4, -0.2) is 20.3 Å². The first kappa shape index (κ1) is 11.3. The summed E-state index contributed by atoms with van der Waals surface area (Å²) in [6, 6.07) is 6.02. The monoisotopic (exact) mass is 221 g/mol. The topological polar surface area (TPSA) is 44.5 Å². The van der Waals surface area contributed by atoms with Crippen LogP contribution in [0.5, 0.6) is 11.5 Å². The molecule has 0 bridgehead atoms. The Morgan fingerprint density at radius 2 is 2.12 bits per heavy atom. The summed E-state index contributed by atoms with van der Waals surface area (Å²) >= 11 is 0. The second kappa shape index (κ2) is 4.34. The second-order valence-corrected chi connectivity index (χ2v) is 4.28. The van der Waals surface area contributed by atoms with Gasteiger partial charge in [0.05, 0.1) is 13.7 Å². The van der Waals surface area contributed by atoms with E-state index >= 15 is 0 Å². The Balaban J connectivity index is 2.36.